The van der Waals surface area contributed by atoms with Crippen molar-refractivity contribution in [2.45, 2.75) is 39.0 Å². The Labute approximate surface area is 152 Å². The van der Waals surface area contributed by atoms with Gasteiger partial charge in [-0.2, -0.15) is 0 Å². The molecule has 0 spiro atoms. The number of hydrogen-bond donors (Lipinski definition) is 1. The summed E-state index contributed by atoms with van der Waals surface area (Å²) in [4.78, 5) is 13.1. The molecule has 0 unspecified atom stereocenters. The van der Waals surface area contributed by atoms with Crippen molar-refractivity contribution in [1.82, 2.24) is 15.0 Å². The number of rotatable bonds is 4. The number of benzene rings is 2. The minimum Gasteiger partial charge on any atom is -0.508 e. The number of methoxy groups -OCH3 is 1. The topological polar surface area (TPSA) is 77.2 Å². The van der Waals surface area contributed by atoms with Gasteiger partial charge in [0.15, 0.2) is 0 Å². The average molecular weight is 353 g/mol. The molecule has 0 fully saturated rings. The quantitative estimate of drug-likeness (QED) is 0.726. The number of hydrogen-bond acceptors (Lipinski definition) is 5. The number of fused-ring (bicyclic) bond motifs is 1. The number of aromatic nitrogens is 3. The van der Waals surface area contributed by atoms with Crippen molar-refractivity contribution >= 4 is 17.0 Å². The third kappa shape index (κ3) is 3.54. The smallest absolute Gasteiger partial charge is 0.305 e. The fraction of sp³-hybridized carbons (Fsp3) is 0.350. The van der Waals surface area contributed by atoms with Crippen LogP contribution in [0.3, 0.4) is 0 Å². The van der Waals surface area contributed by atoms with Gasteiger partial charge in [-0.3, -0.25) is 4.79 Å². The summed E-state index contributed by atoms with van der Waals surface area (Å²) in [6.45, 7) is 6.10. The first-order chi connectivity index (χ1) is 12.3. The van der Waals surface area contributed by atoms with E-state index in [1.54, 1.807) is 6.07 Å². The van der Waals surface area contributed by atoms with Gasteiger partial charge in [-0.25, -0.2) is 0 Å². The minimum atomic E-state index is -0.278. The van der Waals surface area contributed by atoms with E-state index in [-0.39, 0.29) is 23.6 Å². The van der Waals surface area contributed by atoms with Crippen molar-refractivity contribution in [3.8, 4) is 11.4 Å². The van der Waals surface area contributed by atoms with Crippen molar-refractivity contribution in [2.24, 2.45) is 0 Å². The molecule has 3 aromatic rings. The lowest BCUT2D eigenvalue weighted by Crippen LogP contribution is -2.14. The van der Waals surface area contributed by atoms with Crippen molar-refractivity contribution < 1.29 is 14.6 Å². The molecule has 0 saturated heterocycles. The van der Waals surface area contributed by atoms with E-state index in [9.17, 15) is 9.90 Å². The maximum atomic E-state index is 11.6. The first-order valence-electron chi connectivity index (χ1n) is 8.55. The van der Waals surface area contributed by atoms with Gasteiger partial charge in [0.1, 0.15) is 16.8 Å². The number of carbonyl (C=O) groups is 1. The second kappa shape index (κ2) is 6.78. The molecule has 6 nitrogen and oxygen atoms in total. The highest BCUT2D eigenvalue weighted by molar-refractivity contribution is 5.74. The largest absolute Gasteiger partial charge is 0.508 e. The van der Waals surface area contributed by atoms with Crippen LogP contribution in [0.5, 0.6) is 5.75 Å². The molecule has 136 valence electrons. The maximum absolute atomic E-state index is 11.6. The number of phenols is 1. The van der Waals surface area contributed by atoms with E-state index < -0.39 is 0 Å². The van der Waals surface area contributed by atoms with Gasteiger partial charge in [-0.15, -0.1) is 15.0 Å². The summed E-state index contributed by atoms with van der Waals surface area (Å²) in [6, 6.07) is 11.2. The molecule has 0 saturated carbocycles. The fourth-order valence-corrected chi connectivity index (χ4v) is 2.92. The summed E-state index contributed by atoms with van der Waals surface area (Å²) in [5.74, 6) is -0.0874. The molecule has 0 aliphatic rings. The lowest BCUT2D eigenvalue weighted by Gasteiger charge is -2.22. The lowest BCUT2D eigenvalue weighted by atomic mass is 9.84. The second-order valence-corrected chi connectivity index (χ2v) is 7.30. The van der Waals surface area contributed by atoms with Crippen LogP contribution >= 0.6 is 0 Å². The number of phenolic OH excluding ortho intramolecular Hbond substituents is 1. The zero-order valence-electron chi connectivity index (χ0n) is 15.5. The Morgan fingerprint density at radius 3 is 2.31 bits per heavy atom. The van der Waals surface area contributed by atoms with Crippen molar-refractivity contribution in [3.05, 3.63) is 47.5 Å². The highest BCUT2D eigenvalue weighted by atomic mass is 16.5. The number of carbonyl (C=O) groups excluding carboxylic acids is 1. The van der Waals surface area contributed by atoms with E-state index in [4.69, 9.17) is 4.74 Å². The summed E-state index contributed by atoms with van der Waals surface area (Å²) >= 11 is 0. The highest BCUT2D eigenvalue weighted by Crippen LogP contribution is 2.34. The Balaban J connectivity index is 2.12. The first-order valence-corrected chi connectivity index (χ1v) is 8.55. The van der Waals surface area contributed by atoms with Crippen LogP contribution in [0, 0.1) is 0 Å². The molecule has 0 aliphatic carbocycles. The highest BCUT2D eigenvalue weighted by Gasteiger charge is 2.22. The molecule has 0 atom stereocenters. The normalized spacial score (nSPS) is 11.7. The zero-order valence-corrected chi connectivity index (χ0v) is 15.5. The van der Waals surface area contributed by atoms with Crippen LogP contribution in [-0.4, -0.2) is 33.2 Å². The first kappa shape index (κ1) is 17.9. The predicted molar refractivity (Wildman–Crippen MR) is 99.6 cm³/mol. The van der Waals surface area contributed by atoms with E-state index >= 15 is 0 Å². The molecule has 2 aromatic carbocycles. The molecule has 3 rings (SSSR count). The molecule has 1 aromatic heterocycles. The Kier molecular flexibility index (Phi) is 4.68. The third-order valence-electron chi connectivity index (χ3n) is 4.33. The predicted octanol–water partition coefficient (Wildman–Crippen LogP) is 3.53. The molecule has 0 bridgehead atoms. The number of nitrogens with zero attached hydrogens (tertiary/aromatic N) is 3. The molecular weight excluding hydrogens is 330 g/mol. The summed E-state index contributed by atoms with van der Waals surface area (Å²) < 4.78 is 4.76. The minimum absolute atomic E-state index is 0.190. The van der Waals surface area contributed by atoms with E-state index in [0.717, 1.165) is 22.2 Å². The molecule has 6 heteroatoms. The Morgan fingerprint density at radius 1 is 1.15 bits per heavy atom. The number of aryl methyl sites for hydroxylation is 1. The molecular formula is C20H23N3O3. The summed E-state index contributed by atoms with van der Waals surface area (Å²) in [6.07, 6.45) is 0.724. The van der Waals surface area contributed by atoms with Crippen LogP contribution in [-0.2, 0) is 21.4 Å². The Morgan fingerprint density at radius 2 is 1.77 bits per heavy atom. The van der Waals surface area contributed by atoms with Gasteiger partial charge in [0.25, 0.3) is 0 Å². The van der Waals surface area contributed by atoms with Gasteiger partial charge < -0.3 is 9.84 Å². The van der Waals surface area contributed by atoms with Crippen LogP contribution in [0.25, 0.3) is 16.7 Å². The van der Waals surface area contributed by atoms with Crippen molar-refractivity contribution in [2.75, 3.05) is 7.11 Å². The Hall–Kier alpha value is -2.89. The monoisotopic (exact) mass is 353 g/mol. The second-order valence-electron chi connectivity index (χ2n) is 7.30. The van der Waals surface area contributed by atoms with Gasteiger partial charge in [0, 0.05) is 12.5 Å². The van der Waals surface area contributed by atoms with Gasteiger partial charge in [-0.1, -0.05) is 32.9 Å². The van der Waals surface area contributed by atoms with Gasteiger partial charge in [0.2, 0.25) is 0 Å². The van der Waals surface area contributed by atoms with Crippen molar-refractivity contribution in [3.63, 3.8) is 0 Å². The average Bonchev–Trinajstić information content (AvgIpc) is 3.02. The van der Waals surface area contributed by atoms with E-state index in [2.05, 4.69) is 10.2 Å². The summed E-state index contributed by atoms with van der Waals surface area (Å²) in [5.41, 5.74) is 3.67. The number of aromatic hydroxyl groups is 1. The van der Waals surface area contributed by atoms with Crippen LogP contribution in [0.15, 0.2) is 36.4 Å². The van der Waals surface area contributed by atoms with Crippen molar-refractivity contribution in [1.29, 1.82) is 0 Å². The summed E-state index contributed by atoms with van der Waals surface area (Å²) in [7, 11) is 1.38. The fourth-order valence-electron chi connectivity index (χ4n) is 2.92. The number of ether oxygens (including phenoxy) is 1. The van der Waals surface area contributed by atoms with Crippen LogP contribution < -0.4 is 0 Å². The molecule has 0 radical (unpaired) electrons. The van der Waals surface area contributed by atoms with Gasteiger partial charge in [-0.05, 0) is 41.2 Å². The lowest BCUT2D eigenvalue weighted by molar-refractivity contribution is -0.140. The van der Waals surface area contributed by atoms with E-state index in [1.807, 2.05) is 51.1 Å². The van der Waals surface area contributed by atoms with Gasteiger partial charge >= 0.3 is 5.97 Å². The van der Waals surface area contributed by atoms with Crippen LogP contribution in [0.4, 0.5) is 0 Å². The third-order valence-corrected chi connectivity index (χ3v) is 4.33. The summed E-state index contributed by atoms with van der Waals surface area (Å²) in [5, 5.41) is 19.6. The number of esters is 1. The molecule has 1 heterocycles. The molecule has 26 heavy (non-hydrogen) atoms. The zero-order chi connectivity index (χ0) is 18.9. The molecule has 0 aliphatic heterocycles. The van der Waals surface area contributed by atoms with Crippen LogP contribution in [0.2, 0.25) is 0 Å². The van der Waals surface area contributed by atoms with E-state index in [0.29, 0.717) is 12.1 Å². The van der Waals surface area contributed by atoms with E-state index in [1.165, 1.54) is 11.9 Å². The SMILES string of the molecule is COC(=O)CCc1cc(C(C)(C)C)c(O)cc1-n1nc2ccccc2n1. The molecule has 1 N–H and O–H groups in total. The standard InChI is InChI=1S/C20H23N3O3/c1-20(2,3)14-11-13(9-10-19(25)26-4)17(12-18(14)24)23-21-15-7-5-6-8-16(15)22-23/h5-8,11-12,24H,9-10H2,1-4H3. The maximum Gasteiger partial charge on any atom is 0.305 e. The van der Waals surface area contributed by atoms with Gasteiger partial charge in [0.05, 0.1) is 12.8 Å². The Bertz CT molecular complexity index is 922. The molecule has 0 amide bonds. The van der Waals surface area contributed by atoms with Crippen LogP contribution in [0.1, 0.15) is 38.3 Å².